The number of carbonyl (C=O) groups excluding carboxylic acids is 3. The van der Waals surface area contributed by atoms with E-state index in [4.69, 9.17) is 17.3 Å². The van der Waals surface area contributed by atoms with Gasteiger partial charge in [0.15, 0.2) is 0 Å². The van der Waals surface area contributed by atoms with Crippen LogP contribution in [0.2, 0.25) is 5.02 Å². The quantitative estimate of drug-likeness (QED) is 0.516. The van der Waals surface area contributed by atoms with E-state index in [9.17, 15) is 14.4 Å². The SMILES string of the molecule is Cc1ccc(C(=O)NC2(C(N)=O)CC2)cc1NC(=O)c1ccc(-c2ccccc2Cl)s1. The summed E-state index contributed by atoms with van der Waals surface area (Å²) < 4.78 is 0. The summed E-state index contributed by atoms with van der Waals surface area (Å²) in [5.74, 6) is -1.21. The van der Waals surface area contributed by atoms with E-state index in [-0.39, 0.29) is 5.91 Å². The summed E-state index contributed by atoms with van der Waals surface area (Å²) in [5.41, 5.74) is 6.97. The number of thiophene rings is 1. The highest BCUT2D eigenvalue weighted by atomic mass is 35.5. The normalized spacial score (nSPS) is 14.0. The molecule has 0 spiro atoms. The molecular formula is C23H20ClN3O3S. The van der Waals surface area contributed by atoms with E-state index in [1.807, 2.05) is 31.2 Å². The van der Waals surface area contributed by atoms with Crippen molar-refractivity contribution in [3.8, 4) is 10.4 Å². The Morgan fingerprint density at radius 3 is 2.45 bits per heavy atom. The molecule has 6 nitrogen and oxygen atoms in total. The van der Waals surface area contributed by atoms with Crippen molar-refractivity contribution in [3.63, 3.8) is 0 Å². The maximum Gasteiger partial charge on any atom is 0.265 e. The van der Waals surface area contributed by atoms with Crippen molar-refractivity contribution in [3.05, 3.63) is 75.6 Å². The van der Waals surface area contributed by atoms with Crippen LogP contribution in [-0.4, -0.2) is 23.3 Å². The third-order valence-electron chi connectivity index (χ3n) is 5.29. The number of nitrogens with two attached hydrogens (primary N) is 1. The number of halogens is 1. The van der Waals surface area contributed by atoms with Gasteiger partial charge in [-0.05, 0) is 55.7 Å². The maximum absolute atomic E-state index is 12.8. The van der Waals surface area contributed by atoms with Gasteiger partial charge in [0.2, 0.25) is 5.91 Å². The van der Waals surface area contributed by atoms with Gasteiger partial charge in [0.1, 0.15) is 5.54 Å². The van der Waals surface area contributed by atoms with Gasteiger partial charge in [-0.15, -0.1) is 11.3 Å². The van der Waals surface area contributed by atoms with Crippen molar-refractivity contribution in [2.75, 3.05) is 5.32 Å². The minimum Gasteiger partial charge on any atom is -0.368 e. The molecule has 0 unspecified atom stereocenters. The Balaban J connectivity index is 1.51. The number of carbonyl (C=O) groups is 3. The van der Waals surface area contributed by atoms with Crippen LogP contribution in [-0.2, 0) is 4.79 Å². The monoisotopic (exact) mass is 453 g/mol. The van der Waals surface area contributed by atoms with Gasteiger partial charge in [0.25, 0.3) is 11.8 Å². The first-order valence-electron chi connectivity index (χ1n) is 9.68. The van der Waals surface area contributed by atoms with Crippen LogP contribution < -0.4 is 16.4 Å². The summed E-state index contributed by atoms with van der Waals surface area (Å²) in [6.07, 6.45) is 1.07. The largest absolute Gasteiger partial charge is 0.368 e. The van der Waals surface area contributed by atoms with Crippen LogP contribution in [0.1, 0.15) is 38.4 Å². The summed E-state index contributed by atoms with van der Waals surface area (Å²) in [6.45, 7) is 1.84. The van der Waals surface area contributed by atoms with Crippen LogP contribution in [0.25, 0.3) is 10.4 Å². The first-order chi connectivity index (χ1) is 14.8. The number of anilines is 1. The summed E-state index contributed by atoms with van der Waals surface area (Å²) in [4.78, 5) is 38.3. The summed E-state index contributed by atoms with van der Waals surface area (Å²) in [7, 11) is 0. The van der Waals surface area contributed by atoms with Gasteiger partial charge in [-0.25, -0.2) is 0 Å². The van der Waals surface area contributed by atoms with Crippen molar-refractivity contribution >= 4 is 46.3 Å². The van der Waals surface area contributed by atoms with Crippen molar-refractivity contribution < 1.29 is 14.4 Å². The summed E-state index contributed by atoms with van der Waals surface area (Å²) in [5, 5.41) is 6.19. The second-order valence-electron chi connectivity index (χ2n) is 7.53. The average Bonchev–Trinajstić information content (AvgIpc) is 3.36. The first-order valence-corrected chi connectivity index (χ1v) is 10.9. The number of nitrogens with one attached hydrogen (secondary N) is 2. The van der Waals surface area contributed by atoms with Crippen LogP contribution in [0.15, 0.2) is 54.6 Å². The van der Waals surface area contributed by atoms with E-state index in [1.54, 1.807) is 30.3 Å². The Labute approximate surface area is 188 Å². The molecule has 0 bridgehead atoms. The molecule has 0 atom stereocenters. The molecule has 3 amide bonds. The van der Waals surface area contributed by atoms with Gasteiger partial charge < -0.3 is 16.4 Å². The van der Waals surface area contributed by atoms with Gasteiger partial charge in [-0.3, -0.25) is 14.4 Å². The molecule has 158 valence electrons. The van der Waals surface area contributed by atoms with Crippen LogP contribution in [0, 0.1) is 6.92 Å². The second-order valence-corrected chi connectivity index (χ2v) is 9.02. The highest BCUT2D eigenvalue weighted by Gasteiger charge is 2.49. The fourth-order valence-corrected chi connectivity index (χ4v) is 4.43. The molecule has 8 heteroatoms. The van der Waals surface area contributed by atoms with Crippen molar-refractivity contribution in [2.24, 2.45) is 5.73 Å². The molecule has 3 aromatic rings. The maximum atomic E-state index is 12.8. The first kappa shape index (κ1) is 21.1. The van der Waals surface area contributed by atoms with E-state index < -0.39 is 17.4 Å². The van der Waals surface area contributed by atoms with E-state index in [0.717, 1.165) is 16.0 Å². The van der Waals surface area contributed by atoms with E-state index >= 15 is 0 Å². The lowest BCUT2D eigenvalue weighted by Gasteiger charge is -2.15. The number of amides is 3. The van der Waals surface area contributed by atoms with Gasteiger partial charge in [0, 0.05) is 26.7 Å². The molecule has 1 aliphatic rings. The van der Waals surface area contributed by atoms with E-state index in [2.05, 4.69) is 10.6 Å². The Hall–Kier alpha value is -3.16. The number of rotatable bonds is 6. The molecule has 1 aliphatic carbocycles. The van der Waals surface area contributed by atoms with E-state index in [1.165, 1.54) is 11.3 Å². The summed E-state index contributed by atoms with van der Waals surface area (Å²) in [6, 6.07) is 16.1. The third kappa shape index (κ3) is 4.33. The van der Waals surface area contributed by atoms with E-state index in [0.29, 0.717) is 34.0 Å². The van der Waals surface area contributed by atoms with Crippen LogP contribution in [0.3, 0.4) is 0 Å². The lowest BCUT2D eigenvalue weighted by Crippen LogP contribution is -2.46. The average molecular weight is 454 g/mol. The zero-order valence-corrected chi connectivity index (χ0v) is 18.3. The molecular weight excluding hydrogens is 434 g/mol. The lowest BCUT2D eigenvalue weighted by atomic mass is 10.1. The molecule has 1 aromatic heterocycles. The lowest BCUT2D eigenvalue weighted by molar-refractivity contribution is -0.120. The third-order valence-corrected chi connectivity index (χ3v) is 6.74. The highest BCUT2D eigenvalue weighted by Crippen LogP contribution is 2.36. The van der Waals surface area contributed by atoms with Gasteiger partial charge >= 0.3 is 0 Å². The molecule has 0 radical (unpaired) electrons. The molecule has 1 heterocycles. The number of aryl methyl sites for hydroxylation is 1. The predicted molar refractivity (Wildman–Crippen MR) is 123 cm³/mol. The zero-order chi connectivity index (χ0) is 22.2. The predicted octanol–water partition coefficient (Wildman–Crippen LogP) is 4.38. The smallest absolute Gasteiger partial charge is 0.265 e. The number of hydrogen-bond donors (Lipinski definition) is 3. The zero-order valence-electron chi connectivity index (χ0n) is 16.7. The minimum absolute atomic E-state index is 0.278. The summed E-state index contributed by atoms with van der Waals surface area (Å²) >= 11 is 7.59. The minimum atomic E-state index is -0.947. The van der Waals surface area contributed by atoms with Crippen LogP contribution >= 0.6 is 22.9 Å². The molecule has 4 N–H and O–H groups in total. The topological polar surface area (TPSA) is 101 Å². The molecule has 0 saturated heterocycles. The van der Waals surface area contributed by atoms with Gasteiger partial charge in [-0.2, -0.15) is 0 Å². The molecule has 1 saturated carbocycles. The molecule has 4 rings (SSSR count). The Bertz CT molecular complexity index is 1200. The fourth-order valence-electron chi connectivity index (χ4n) is 3.20. The van der Waals surface area contributed by atoms with Crippen molar-refractivity contribution in [1.82, 2.24) is 5.32 Å². The number of benzene rings is 2. The molecule has 1 fully saturated rings. The van der Waals surface area contributed by atoms with Gasteiger partial charge in [-0.1, -0.05) is 35.9 Å². The number of primary amides is 1. The fraction of sp³-hybridized carbons (Fsp3) is 0.174. The Morgan fingerprint density at radius 1 is 1.03 bits per heavy atom. The number of hydrogen-bond acceptors (Lipinski definition) is 4. The van der Waals surface area contributed by atoms with Crippen LogP contribution in [0.5, 0.6) is 0 Å². The molecule has 2 aromatic carbocycles. The van der Waals surface area contributed by atoms with Gasteiger partial charge in [0.05, 0.1) is 4.88 Å². The standard InChI is InChI=1S/C23H20ClN3O3S/c1-13-6-7-14(20(28)27-23(10-11-23)22(25)30)12-17(13)26-21(29)19-9-8-18(31-19)15-4-2-3-5-16(15)24/h2-9,12H,10-11H2,1H3,(H2,25,30)(H,26,29)(H,27,28). The van der Waals surface area contributed by atoms with Crippen molar-refractivity contribution in [2.45, 2.75) is 25.3 Å². The van der Waals surface area contributed by atoms with Crippen molar-refractivity contribution in [1.29, 1.82) is 0 Å². The highest BCUT2D eigenvalue weighted by molar-refractivity contribution is 7.17. The Kier molecular flexibility index (Phi) is 5.56. The molecule has 31 heavy (non-hydrogen) atoms. The van der Waals surface area contributed by atoms with Crippen LogP contribution in [0.4, 0.5) is 5.69 Å². The Morgan fingerprint density at radius 2 is 1.77 bits per heavy atom. The molecule has 0 aliphatic heterocycles. The second kappa shape index (κ2) is 8.17.